The number of carbonyl (C=O) groups excluding carboxylic acids is 2. The molecule has 272 valence electrons. The molecule has 0 saturated carbocycles. The van der Waals surface area contributed by atoms with Crippen LogP contribution in [0.5, 0.6) is 0 Å². The van der Waals surface area contributed by atoms with Crippen molar-refractivity contribution >= 4 is 11.9 Å². The Morgan fingerprint density at radius 2 is 0.667 bits per heavy atom. The number of ether oxygens (including phenoxy) is 2. The summed E-state index contributed by atoms with van der Waals surface area (Å²) in [5.41, 5.74) is 0. The van der Waals surface area contributed by atoms with Crippen LogP contribution in [0.3, 0.4) is 0 Å². The van der Waals surface area contributed by atoms with Crippen LogP contribution in [0.4, 0.5) is 0 Å². The molecule has 0 aliphatic heterocycles. The molecule has 0 aromatic heterocycles. The average Bonchev–Trinajstić information content (AvgIpc) is 2.94. The molecule has 0 rings (SSSR count). The van der Waals surface area contributed by atoms with Crippen LogP contribution in [0.1, 0.15) is 162 Å². The van der Waals surface area contributed by atoms with Crippen molar-refractivity contribution in [3.63, 3.8) is 0 Å². The lowest BCUT2D eigenvalue weighted by molar-refractivity contribution is -0.890. The lowest BCUT2D eigenvalue weighted by Gasteiger charge is -2.29. The number of nitrogens with zero attached hydrogens (tertiary/aromatic N) is 2. The summed E-state index contributed by atoms with van der Waals surface area (Å²) < 4.78 is 12.7. The normalized spacial score (nSPS) is 11.5. The molecule has 0 unspecified atom stereocenters. The Morgan fingerprint density at radius 3 is 0.956 bits per heavy atom. The second kappa shape index (κ2) is 33.7. The highest BCUT2D eigenvalue weighted by Crippen LogP contribution is 2.13. The van der Waals surface area contributed by atoms with Gasteiger partial charge in [-0.1, -0.05) is 117 Å². The number of quaternary nitrogens is 2. The Hall–Kier alpha value is -0.180. The topological polar surface area (TPSA) is 52.6 Å². The summed E-state index contributed by atoms with van der Waals surface area (Å²) in [6.45, 7) is 9.33. The van der Waals surface area contributed by atoms with Crippen molar-refractivity contribution in [1.82, 2.24) is 0 Å². The number of unbranched alkanes of at least 4 members (excludes halogenated alkanes) is 18. The van der Waals surface area contributed by atoms with E-state index in [1.165, 1.54) is 128 Å². The number of halogens is 2. The molecule has 0 bridgehead atoms. The van der Waals surface area contributed by atoms with Gasteiger partial charge in [-0.15, -0.1) is 0 Å². The molecule has 0 amide bonds. The number of hydrogen-bond acceptors (Lipinski definition) is 4. The van der Waals surface area contributed by atoms with E-state index < -0.39 is 0 Å². The highest BCUT2D eigenvalue weighted by molar-refractivity contribution is 5.72. The molecule has 8 heteroatoms. The van der Waals surface area contributed by atoms with E-state index in [0.717, 1.165) is 35.1 Å². The summed E-state index contributed by atoms with van der Waals surface area (Å²) in [7, 11) is 8.87. The number of rotatable bonds is 32. The molecule has 0 heterocycles. The molecule has 0 saturated heterocycles. The first-order chi connectivity index (χ1) is 20.6. The van der Waals surface area contributed by atoms with Gasteiger partial charge in [-0.25, -0.2) is 0 Å². The van der Waals surface area contributed by atoms with Gasteiger partial charge in [0.05, 0.1) is 41.3 Å². The minimum atomic E-state index is -0.207. The minimum Gasteiger partial charge on any atom is -1.00 e. The van der Waals surface area contributed by atoms with Gasteiger partial charge in [0.15, 0.2) is 0 Å². The van der Waals surface area contributed by atoms with Crippen LogP contribution < -0.4 is 34.0 Å². The van der Waals surface area contributed by atoms with Crippen molar-refractivity contribution < 1.29 is 62.0 Å². The summed E-state index contributed by atoms with van der Waals surface area (Å²) in [5, 5.41) is 0. The van der Waals surface area contributed by atoms with E-state index in [1.54, 1.807) is 0 Å². The van der Waals surface area contributed by atoms with E-state index >= 15 is 0 Å². The molecular weight excluding hydrogens is 696 g/mol. The van der Waals surface area contributed by atoms with Crippen LogP contribution in [0, 0.1) is 0 Å². The molecule has 0 N–H and O–H groups in total. The summed E-state index contributed by atoms with van der Waals surface area (Å²) in [4.78, 5) is 24.3. The summed E-state index contributed by atoms with van der Waals surface area (Å²) in [6.07, 6.45) is 28.1. The Labute approximate surface area is 301 Å². The Kier molecular flexibility index (Phi) is 36.9. The first-order valence-corrected chi connectivity index (χ1v) is 18.6. The molecular formula is C37H76Br2N2O4. The molecule has 0 atom stereocenters. The van der Waals surface area contributed by atoms with Crippen LogP contribution >= 0.6 is 0 Å². The summed E-state index contributed by atoms with van der Waals surface area (Å²) in [6, 6.07) is 0. The SMILES string of the molecule is CCCCCCCCCCCC[N+](C)(C)CCOC(=O)CCCC(=O)OCC[N+](C)(C)CCCCCCCCCCCC.[Br-].[Br-]. The van der Waals surface area contributed by atoms with Crippen molar-refractivity contribution in [2.75, 3.05) is 67.6 Å². The maximum atomic E-state index is 12.2. The zero-order valence-electron chi connectivity index (χ0n) is 30.8. The van der Waals surface area contributed by atoms with Crippen molar-refractivity contribution in [3.8, 4) is 0 Å². The number of esters is 2. The Bertz CT molecular complexity index is 608. The monoisotopic (exact) mass is 770 g/mol. The van der Waals surface area contributed by atoms with E-state index in [9.17, 15) is 9.59 Å². The van der Waals surface area contributed by atoms with E-state index in [-0.39, 0.29) is 58.7 Å². The Balaban J connectivity index is -0.00000882. The van der Waals surface area contributed by atoms with Gasteiger partial charge in [0.2, 0.25) is 0 Å². The van der Waals surface area contributed by atoms with Crippen molar-refractivity contribution in [2.24, 2.45) is 0 Å². The number of hydrogen-bond donors (Lipinski definition) is 0. The maximum absolute atomic E-state index is 12.2. The molecule has 0 radical (unpaired) electrons. The fourth-order valence-electron chi connectivity index (χ4n) is 5.61. The maximum Gasteiger partial charge on any atom is 0.306 e. The van der Waals surface area contributed by atoms with Crippen LogP contribution in [0.25, 0.3) is 0 Å². The minimum absolute atomic E-state index is 0. The van der Waals surface area contributed by atoms with Crippen molar-refractivity contribution in [2.45, 2.75) is 162 Å². The predicted molar refractivity (Wildman–Crippen MR) is 183 cm³/mol. The van der Waals surface area contributed by atoms with E-state index in [1.807, 2.05) is 0 Å². The molecule has 0 aliphatic carbocycles. The molecule has 6 nitrogen and oxygen atoms in total. The van der Waals surface area contributed by atoms with Gasteiger partial charge in [0, 0.05) is 12.8 Å². The first kappa shape index (κ1) is 49.2. The molecule has 0 aromatic rings. The molecule has 45 heavy (non-hydrogen) atoms. The lowest BCUT2D eigenvalue weighted by Crippen LogP contribution is -3.00. The van der Waals surface area contributed by atoms with Crippen LogP contribution in [0.15, 0.2) is 0 Å². The van der Waals surface area contributed by atoms with Gasteiger partial charge in [-0.2, -0.15) is 0 Å². The van der Waals surface area contributed by atoms with E-state index in [0.29, 0.717) is 19.6 Å². The third-order valence-corrected chi connectivity index (χ3v) is 8.92. The smallest absolute Gasteiger partial charge is 0.306 e. The predicted octanol–water partition coefficient (Wildman–Crippen LogP) is 3.25. The van der Waals surface area contributed by atoms with Crippen LogP contribution in [0.2, 0.25) is 0 Å². The fraction of sp³-hybridized carbons (Fsp3) is 0.946. The standard InChI is InChI=1S/C37H76N2O4.2BrH/c1-7-9-11-13-15-17-19-21-23-25-30-38(3,4)32-34-42-36(40)28-27-29-37(41)43-35-33-39(5,6)31-26-24-22-20-18-16-14-12-10-8-2;;/h7-35H2,1-6H3;2*1H/q+2;;/p-2. The van der Waals surface area contributed by atoms with Gasteiger partial charge in [0.1, 0.15) is 26.3 Å². The first-order valence-electron chi connectivity index (χ1n) is 18.6. The Morgan fingerprint density at radius 1 is 0.400 bits per heavy atom. The molecule has 0 aliphatic rings. The largest absolute Gasteiger partial charge is 1.00 e. The highest BCUT2D eigenvalue weighted by atomic mass is 79.9. The van der Waals surface area contributed by atoms with Crippen LogP contribution in [-0.2, 0) is 19.1 Å². The zero-order valence-corrected chi connectivity index (χ0v) is 34.0. The van der Waals surface area contributed by atoms with Gasteiger partial charge >= 0.3 is 11.9 Å². The van der Waals surface area contributed by atoms with E-state index in [2.05, 4.69) is 42.0 Å². The van der Waals surface area contributed by atoms with Gasteiger partial charge in [-0.3, -0.25) is 9.59 Å². The summed E-state index contributed by atoms with van der Waals surface area (Å²) in [5.74, 6) is -0.415. The van der Waals surface area contributed by atoms with E-state index in [4.69, 9.17) is 9.47 Å². The van der Waals surface area contributed by atoms with Crippen LogP contribution in [-0.4, -0.2) is 88.5 Å². The highest BCUT2D eigenvalue weighted by Gasteiger charge is 2.17. The zero-order chi connectivity index (χ0) is 32.1. The number of carbonyl (C=O) groups is 2. The molecule has 0 spiro atoms. The fourth-order valence-corrected chi connectivity index (χ4v) is 5.61. The average molecular weight is 773 g/mol. The van der Waals surface area contributed by atoms with Gasteiger partial charge in [0.25, 0.3) is 0 Å². The molecule has 0 fully saturated rings. The molecule has 0 aromatic carbocycles. The second-order valence-electron chi connectivity index (χ2n) is 14.4. The van der Waals surface area contributed by atoms with Crippen molar-refractivity contribution in [1.29, 1.82) is 0 Å². The van der Waals surface area contributed by atoms with Gasteiger partial charge < -0.3 is 52.4 Å². The van der Waals surface area contributed by atoms with Gasteiger partial charge in [-0.05, 0) is 32.1 Å². The third kappa shape index (κ3) is 36.5. The van der Waals surface area contributed by atoms with Crippen molar-refractivity contribution in [3.05, 3.63) is 0 Å². The number of likely N-dealkylation sites (N-methyl/N-ethyl adjacent to an activating group) is 2. The second-order valence-corrected chi connectivity index (χ2v) is 14.4. The third-order valence-electron chi connectivity index (χ3n) is 8.92. The lowest BCUT2D eigenvalue weighted by atomic mass is 10.1. The summed E-state index contributed by atoms with van der Waals surface area (Å²) >= 11 is 0. The quantitative estimate of drug-likeness (QED) is 0.0600.